The molecule has 0 nitrogen and oxygen atoms in total. The molecule has 0 aliphatic heterocycles. The van der Waals surface area contributed by atoms with Gasteiger partial charge in [0.25, 0.3) is 0 Å². The van der Waals surface area contributed by atoms with Gasteiger partial charge in [-0.05, 0) is 24.3 Å². The molecule has 0 spiro atoms. The fourth-order valence-corrected chi connectivity index (χ4v) is 4.33. The maximum atomic E-state index is 2.61. The third-order valence-corrected chi connectivity index (χ3v) is 6.46. The average Bonchev–Trinajstić information content (AvgIpc) is 2.67. The first kappa shape index (κ1) is 26.4. The van der Waals surface area contributed by atoms with E-state index in [1.807, 2.05) is 0 Å². The van der Waals surface area contributed by atoms with Crippen LogP contribution in [0.2, 0.25) is 31.6 Å². The van der Waals surface area contributed by atoms with Crippen molar-refractivity contribution in [2.24, 2.45) is 5.92 Å². The quantitative estimate of drug-likeness (QED) is 0.172. The second-order valence-electron chi connectivity index (χ2n) is 10.7. The molecule has 0 saturated carbocycles. The lowest BCUT2D eigenvalue weighted by Gasteiger charge is -2.24. The van der Waals surface area contributed by atoms with E-state index in [9.17, 15) is 0 Å². The maximum Gasteiger partial charge on any atom is 0.133 e. The Kier molecular flexibility index (Phi) is 14.6. The van der Waals surface area contributed by atoms with E-state index >= 15 is 0 Å². The van der Waals surface area contributed by atoms with Crippen molar-refractivity contribution in [2.45, 2.75) is 129 Å². The molecule has 0 N–H and O–H groups in total. The molecule has 0 bridgehead atoms. The summed E-state index contributed by atoms with van der Waals surface area (Å²) in [6.45, 7) is 12.9. The molecule has 0 fully saturated rings. The molecule has 0 heterocycles. The molecule has 1 rings (SSSR count). The number of hydrogen-bond donors (Lipinski definition) is 0. The Labute approximate surface area is 185 Å². The number of unbranched alkanes of at least 4 members (excludes halogenated alkanes) is 5. The van der Waals surface area contributed by atoms with Crippen molar-refractivity contribution in [1.82, 2.24) is 0 Å². The molecule has 2 heteroatoms. The summed E-state index contributed by atoms with van der Waals surface area (Å²) in [4.78, 5) is 0. The first-order chi connectivity index (χ1) is 13.9. The van der Waals surface area contributed by atoms with Gasteiger partial charge in [-0.3, -0.25) is 0 Å². The summed E-state index contributed by atoms with van der Waals surface area (Å²) in [6, 6.07) is 10.9. The van der Waals surface area contributed by atoms with E-state index < -0.39 is 0 Å². The standard InChI is InChI=1S/C27H49B2/c1-25(17-9-8-16-24-29(4)5)18-13-15-23-28-27(2,3)22-14-7-12-21-26-19-10-6-11-20-26/h6,10-11,19-20,25H,7-9,12-18,21-24H2,1-5H3. The van der Waals surface area contributed by atoms with Gasteiger partial charge in [-0.15, -0.1) is 0 Å². The summed E-state index contributed by atoms with van der Waals surface area (Å²) in [5.74, 6) is 0.923. The number of benzene rings is 1. The van der Waals surface area contributed by atoms with Crippen molar-refractivity contribution < 1.29 is 0 Å². The predicted molar refractivity (Wildman–Crippen MR) is 137 cm³/mol. The molecular weight excluding hydrogens is 346 g/mol. The number of hydrogen-bond acceptors (Lipinski definition) is 0. The normalized spacial score (nSPS) is 12.7. The molecule has 0 saturated heterocycles. The van der Waals surface area contributed by atoms with Gasteiger partial charge < -0.3 is 0 Å². The highest BCUT2D eigenvalue weighted by Gasteiger charge is 2.17. The zero-order valence-corrected chi connectivity index (χ0v) is 20.5. The van der Waals surface area contributed by atoms with Gasteiger partial charge in [0.05, 0.1) is 0 Å². The van der Waals surface area contributed by atoms with Crippen LogP contribution in [0.1, 0.15) is 97.0 Å². The fourth-order valence-electron chi connectivity index (χ4n) is 4.33. The van der Waals surface area contributed by atoms with E-state index in [2.05, 4.69) is 72.0 Å². The number of rotatable bonds is 18. The van der Waals surface area contributed by atoms with Gasteiger partial charge in [0.15, 0.2) is 0 Å². The van der Waals surface area contributed by atoms with Crippen LogP contribution in [-0.2, 0) is 6.42 Å². The molecule has 1 unspecified atom stereocenters. The van der Waals surface area contributed by atoms with Gasteiger partial charge >= 0.3 is 0 Å². The molecule has 0 amide bonds. The zero-order chi connectivity index (χ0) is 21.4. The SMILES string of the molecule is CB(C)CCCCCC(C)CCCC[B]C(C)(C)CCCCCc1ccccc1. The maximum absolute atomic E-state index is 2.61. The summed E-state index contributed by atoms with van der Waals surface area (Å²) in [5, 5.41) is 0.411. The van der Waals surface area contributed by atoms with Crippen molar-refractivity contribution >= 4 is 14.0 Å². The number of aryl methyl sites for hydroxylation is 1. The van der Waals surface area contributed by atoms with Crippen LogP contribution in [0, 0.1) is 5.92 Å². The van der Waals surface area contributed by atoms with Crippen LogP contribution < -0.4 is 0 Å². The Morgan fingerprint density at radius 1 is 0.828 bits per heavy atom. The second-order valence-corrected chi connectivity index (χ2v) is 10.7. The van der Waals surface area contributed by atoms with Crippen LogP contribution in [0.15, 0.2) is 30.3 Å². The van der Waals surface area contributed by atoms with E-state index in [0.717, 1.165) is 12.6 Å². The largest absolute Gasteiger partial charge is 0.133 e. The van der Waals surface area contributed by atoms with Crippen LogP contribution in [0.25, 0.3) is 0 Å². The highest BCUT2D eigenvalue weighted by atomic mass is 14.1. The van der Waals surface area contributed by atoms with Gasteiger partial charge in [0.1, 0.15) is 14.0 Å². The van der Waals surface area contributed by atoms with E-state index in [-0.39, 0.29) is 0 Å². The second kappa shape index (κ2) is 16.1. The van der Waals surface area contributed by atoms with E-state index in [4.69, 9.17) is 0 Å². The summed E-state index contributed by atoms with van der Waals surface area (Å²) in [7, 11) is 2.61. The van der Waals surface area contributed by atoms with Gasteiger partial charge in [-0.1, -0.05) is 147 Å². The highest BCUT2D eigenvalue weighted by molar-refractivity contribution is 6.55. The van der Waals surface area contributed by atoms with Crippen molar-refractivity contribution in [3.05, 3.63) is 35.9 Å². The van der Waals surface area contributed by atoms with E-state index in [1.54, 1.807) is 0 Å². The van der Waals surface area contributed by atoms with Crippen molar-refractivity contribution in [1.29, 1.82) is 0 Å². The van der Waals surface area contributed by atoms with Gasteiger partial charge in [0, 0.05) is 0 Å². The molecular formula is C27H49B2. The minimum absolute atomic E-state index is 0.411. The Hall–Kier alpha value is -0.650. The molecule has 1 aromatic rings. The first-order valence-electron chi connectivity index (χ1n) is 12.8. The van der Waals surface area contributed by atoms with E-state index in [1.165, 1.54) is 95.3 Å². The van der Waals surface area contributed by atoms with Gasteiger partial charge in [-0.2, -0.15) is 0 Å². The first-order valence-corrected chi connectivity index (χ1v) is 12.8. The minimum atomic E-state index is 0.411. The summed E-state index contributed by atoms with van der Waals surface area (Å²) >= 11 is 0. The van der Waals surface area contributed by atoms with Crippen LogP contribution in [0.4, 0.5) is 0 Å². The van der Waals surface area contributed by atoms with Crippen LogP contribution in [-0.4, -0.2) is 14.0 Å². The van der Waals surface area contributed by atoms with Crippen LogP contribution >= 0.6 is 0 Å². The van der Waals surface area contributed by atoms with Crippen molar-refractivity contribution in [2.75, 3.05) is 0 Å². The third kappa shape index (κ3) is 15.8. The monoisotopic (exact) mass is 395 g/mol. The minimum Gasteiger partial charge on any atom is -0.0863 e. The van der Waals surface area contributed by atoms with Crippen molar-refractivity contribution in [3.8, 4) is 0 Å². The molecule has 0 aliphatic rings. The lowest BCUT2D eigenvalue weighted by Crippen LogP contribution is -2.12. The Morgan fingerprint density at radius 3 is 2.17 bits per heavy atom. The van der Waals surface area contributed by atoms with Crippen molar-refractivity contribution in [3.63, 3.8) is 0 Å². The highest BCUT2D eigenvalue weighted by Crippen LogP contribution is 2.32. The van der Waals surface area contributed by atoms with Crippen LogP contribution in [0.3, 0.4) is 0 Å². The predicted octanol–water partition coefficient (Wildman–Crippen LogP) is 9.23. The third-order valence-electron chi connectivity index (χ3n) is 6.46. The van der Waals surface area contributed by atoms with Gasteiger partial charge in [0.2, 0.25) is 0 Å². The Morgan fingerprint density at radius 2 is 1.48 bits per heavy atom. The average molecular weight is 395 g/mol. The zero-order valence-electron chi connectivity index (χ0n) is 20.5. The molecule has 0 aliphatic carbocycles. The molecule has 163 valence electrons. The Balaban J connectivity index is 1.95. The lowest BCUT2D eigenvalue weighted by molar-refractivity contribution is 0.447. The molecule has 29 heavy (non-hydrogen) atoms. The van der Waals surface area contributed by atoms with Gasteiger partial charge in [-0.25, -0.2) is 0 Å². The fraction of sp³-hybridized carbons (Fsp3) is 0.778. The lowest BCUT2D eigenvalue weighted by atomic mass is 9.50. The Bertz CT molecular complexity index is 481. The molecule has 1 radical (unpaired) electrons. The topological polar surface area (TPSA) is 0 Å². The van der Waals surface area contributed by atoms with Crippen LogP contribution in [0.5, 0.6) is 0 Å². The van der Waals surface area contributed by atoms with E-state index in [0.29, 0.717) is 5.31 Å². The summed E-state index contributed by atoms with van der Waals surface area (Å²) in [6.07, 6.45) is 19.3. The molecule has 0 aromatic heterocycles. The summed E-state index contributed by atoms with van der Waals surface area (Å²) < 4.78 is 0. The molecule has 1 atom stereocenters. The molecule has 1 aromatic carbocycles. The summed E-state index contributed by atoms with van der Waals surface area (Å²) in [5.41, 5.74) is 1.49. The smallest absolute Gasteiger partial charge is 0.0863 e.